The van der Waals surface area contributed by atoms with E-state index < -0.39 is 0 Å². The van der Waals surface area contributed by atoms with Crippen LogP contribution in [0.25, 0.3) is 10.9 Å². The lowest BCUT2D eigenvalue weighted by Crippen LogP contribution is -2.46. The van der Waals surface area contributed by atoms with Crippen LogP contribution in [0.15, 0.2) is 29.0 Å². The number of fused-ring (bicyclic) bond motifs is 1. The van der Waals surface area contributed by atoms with Crippen molar-refractivity contribution < 1.29 is 0 Å². The number of anilines is 1. The molecular weight excluding hydrogens is 388 g/mol. The van der Waals surface area contributed by atoms with Gasteiger partial charge in [0.05, 0.1) is 5.52 Å². The summed E-state index contributed by atoms with van der Waals surface area (Å²) >= 11 is 3.56. The Hall–Kier alpha value is -1.20. The first-order valence-electron chi connectivity index (χ1n) is 9.91. The van der Waals surface area contributed by atoms with Gasteiger partial charge in [-0.25, -0.2) is 9.97 Å². The Morgan fingerprint density at radius 1 is 1.08 bits per heavy atom. The lowest BCUT2D eigenvalue weighted by molar-refractivity contribution is 0.0747. The summed E-state index contributed by atoms with van der Waals surface area (Å²) in [5.74, 6) is 0.972. The summed E-state index contributed by atoms with van der Waals surface area (Å²) in [6.45, 7) is 7.38. The minimum atomic E-state index is 0.518. The molecule has 1 aromatic carbocycles. The highest BCUT2D eigenvalue weighted by Crippen LogP contribution is 2.34. The Labute approximate surface area is 164 Å². The Morgan fingerprint density at radius 2 is 1.81 bits per heavy atom. The van der Waals surface area contributed by atoms with Crippen molar-refractivity contribution >= 4 is 32.7 Å². The number of halogens is 1. The van der Waals surface area contributed by atoms with Gasteiger partial charge in [0.1, 0.15) is 12.1 Å². The van der Waals surface area contributed by atoms with E-state index in [-0.39, 0.29) is 0 Å². The molecule has 4 nitrogen and oxygen atoms in total. The highest BCUT2D eigenvalue weighted by molar-refractivity contribution is 9.10. The Morgan fingerprint density at radius 3 is 2.54 bits per heavy atom. The summed E-state index contributed by atoms with van der Waals surface area (Å²) in [4.78, 5) is 11.6. The summed E-state index contributed by atoms with van der Waals surface area (Å²) in [7, 11) is 0. The van der Waals surface area contributed by atoms with Crippen molar-refractivity contribution in [3.63, 3.8) is 0 Å². The third-order valence-electron chi connectivity index (χ3n) is 6.30. The van der Waals surface area contributed by atoms with Gasteiger partial charge in [-0.1, -0.05) is 29.8 Å². The predicted molar refractivity (Wildman–Crippen MR) is 111 cm³/mol. The molecule has 0 amide bonds. The van der Waals surface area contributed by atoms with Crippen LogP contribution in [-0.4, -0.2) is 40.0 Å². The fourth-order valence-corrected chi connectivity index (χ4v) is 4.78. The molecule has 0 radical (unpaired) electrons. The number of rotatable bonds is 3. The number of nitrogens with zero attached hydrogens (tertiary/aromatic N) is 3. The smallest absolute Gasteiger partial charge is 0.137 e. The van der Waals surface area contributed by atoms with Crippen LogP contribution in [0.5, 0.6) is 0 Å². The molecule has 2 heterocycles. The zero-order valence-corrected chi connectivity index (χ0v) is 17.4. The maximum Gasteiger partial charge on any atom is 0.137 e. The molecule has 1 aliphatic heterocycles. The maximum absolute atomic E-state index is 4.51. The van der Waals surface area contributed by atoms with Crippen LogP contribution in [0.1, 0.15) is 52.4 Å². The Kier molecular flexibility index (Phi) is 5.20. The summed E-state index contributed by atoms with van der Waals surface area (Å²) in [5.41, 5.74) is 1.53. The van der Waals surface area contributed by atoms with E-state index in [1.54, 1.807) is 6.33 Å². The third-order valence-corrected chi connectivity index (χ3v) is 6.80. The van der Waals surface area contributed by atoms with Gasteiger partial charge in [-0.3, -0.25) is 0 Å². The fraction of sp³-hybridized carbons (Fsp3) is 0.619. The first-order valence-corrected chi connectivity index (χ1v) is 10.7. The second-order valence-electron chi connectivity index (χ2n) is 8.73. The average molecular weight is 417 g/mol. The molecule has 1 aliphatic carbocycles. The standard InChI is InChI=1S/C21H29BrN4/c1-21(2)9-11-26(12-10-21)17-6-4-16(5-7-17)25-20-18-13-15(22)3-8-19(18)23-14-24-20/h3,8,13-14,16-17H,4-7,9-12H2,1-2H3,(H,23,24,25)/t16-,17-. The van der Waals surface area contributed by atoms with Crippen LogP contribution in [0.2, 0.25) is 0 Å². The second kappa shape index (κ2) is 7.43. The first-order chi connectivity index (χ1) is 12.5. The van der Waals surface area contributed by atoms with Gasteiger partial charge >= 0.3 is 0 Å². The number of hydrogen-bond donors (Lipinski definition) is 1. The Balaban J connectivity index is 1.37. The summed E-state index contributed by atoms with van der Waals surface area (Å²) in [5, 5.41) is 4.80. The molecule has 0 bridgehead atoms. The van der Waals surface area contributed by atoms with Crippen molar-refractivity contribution in [1.29, 1.82) is 0 Å². The second-order valence-corrected chi connectivity index (χ2v) is 9.65. The molecule has 2 aliphatic rings. The molecule has 2 fully saturated rings. The predicted octanol–water partition coefficient (Wildman–Crippen LogP) is 5.24. The van der Waals surface area contributed by atoms with Crippen LogP contribution >= 0.6 is 15.9 Å². The molecule has 1 saturated carbocycles. The van der Waals surface area contributed by atoms with Crippen LogP contribution < -0.4 is 5.32 Å². The molecule has 0 unspecified atom stereocenters. The molecule has 4 rings (SSSR count). The van der Waals surface area contributed by atoms with Crippen molar-refractivity contribution in [3.8, 4) is 0 Å². The molecule has 5 heteroatoms. The summed E-state index contributed by atoms with van der Waals surface area (Å²) in [6.07, 6.45) is 9.39. The zero-order chi connectivity index (χ0) is 18.1. The topological polar surface area (TPSA) is 41.0 Å². The Bertz CT molecular complexity index is 758. The van der Waals surface area contributed by atoms with Crippen LogP contribution in [0.3, 0.4) is 0 Å². The number of nitrogens with one attached hydrogen (secondary N) is 1. The summed E-state index contributed by atoms with van der Waals surface area (Å²) < 4.78 is 1.07. The van der Waals surface area contributed by atoms with Crippen molar-refractivity contribution in [1.82, 2.24) is 14.9 Å². The molecule has 1 aromatic heterocycles. The van der Waals surface area contributed by atoms with Crippen LogP contribution in [0, 0.1) is 5.41 Å². The minimum absolute atomic E-state index is 0.518. The van der Waals surface area contributed by atoms with E-state index in [4.69, 9.17) is 0 Å². The third kappa shape index (κ3) is 4.04. The van der Waals surface area contributed by atoms with Crippen molar-refractivity contribution in [2.24, 2.45) is 5.41 Å². The molecule has 0 atom stereocenters. The van der Waals surface area contributed by atoms with Crippen molar-refractivity contribution in [2.45, 2.75) is 64.5 Å². The molecule has 0 spiro atoms. The van der Waals surface area contributed by atoms with Crippen LogP contribution in [0.4, 0.5) is 5.82 Å². The number of benzene rings is 1. The fourth-order valence-electron chi connectivity index (χ4n) is 4.42. The van der Waals surface area contributed by atoms with Gasteiger partial charge in [0.15, 0.2) is 0 Å². The van der Waals surface area contributed by atoms with Gasteiger partial charge < -0.3 is 10.2 Å². The normalized spacial score (nSPS) is 26.7. The number of likely N-dealkylation sites (tertiary alicyclic amines) is 1. The number of piperidine rings is 1. The van der Waals surface area contributed by atoms with Gasteiger partial charge in [-0.2, -0.15) is 0 Å². The first kappa shape index (κ1) is 18.2. The largest absolute Gasteiger partial charge is 0.367 e. The van der Waals surface area contributed by atoms with E-state index in [9.17, 15) is 0 Å². The highest BCUT2D eigenvalue weighted by atomic mass is 79.9. The van der Waals surface area contributed by atoms with Crippen molar-refractivity contribution in [3.05, 3.63) is 29.0 Å². The van der Waals surface area contributed by atoms with Crippen LogP contribution in [-0.2, 0) is 0 Å². The SMILES string of the molecule is CC1(C)CCN([C@H]2CC[C@H](Nc3ncnc4ccc(Br)cc34)CC2)CC1. The maximum atomic E-state index is 4.51. The monoisotopic (exact) mass is 416 g/mol. The van der Waals surface area contributed by atoms with E-state index in [1.807, 2.05) is 12.1 Å². The highest BCUT2D eigenvalue weighted by Gasteiger charge is 2.31. The van der Waals surface area contributed by atoms with Gasteiger partial charge in [-0.05, 0) is 75.2 Å². The minimum Gasteiger partial charge on any atom is -0.367 e. The van der Waals surface area contributed by atoms with Crippen molar-refractivity contribution in [2.75, 3.05) is 18.4 Å². The van der Waals surface area contributed by atoms with E-state index in [2.05, 4.69) is 56.0 Å². The lowest BCUT2D eigenvalue weighted by Gasteiger charge is -2.43. The van der Waals surface area contributed by atoms with E-state index in [0.717, 1.165) is 27.2 Å². The molecule has 140 valence electrons. The van der Waals surface area contributed by atoms with Gasteiger partial charge in [0, 0.05) is 21.9 Å². The van der Waals surface area contributed by atoms with Gasteiger partial charge in [0.25, 0.3) is 0 Å². The lowest BCUT2D eigenvalue weighted by atomic mass is 9.81. The number of hydrogen-bond acceptors (Lipinski definition) is 4. The molecule has 1 saturated heterocycles. The average Bonchev–Trinajstić information content (AvgIpc) is 2.63. The molecule has 2 aromatic rings. The van der Waals surface area contributed by atoms with Gasteiger partial charge in [0.2, 0.25) is 0 Å². The van der Waals surface area contributed by atoms with Gasteiger partial charge in [-0.15, -0.1) is 0 Å². The quantitative estimate of drug-likeness (QED) is 0.742. The van der Waals surface area contributed by atoms with E-state index >= 15 is 0 Å². The zero-order valence-electron chi connectivity index (χ0n) is 15.8. The molecule has 26 heavy (non-hydrogen) atoms. The molecule has 1 N–H and O–H groups in total. The number of aromatic nitrogens is 2. The molecular formula is C21H29BrN4. The summed E-state index contributed by atoms with van der Waals surface area (Å²) in [6, 6.07) is 7.48. The van der Waals surface area contributed by atoms with E-state index in [0.29, 0.717) is 11.5 Å². The van der Waals surface area contributed by atoms with E-state index in [1.165, 1.54) is 51.6 Å².